The molecule has 0 aromatic heterocycles. The summed E-state index contributed by atoms with van der Waals surface area (Å²) in [5, 5.41) is 1.46. The van der Waals surface area contributed by atoms with E-state index in [9.17, 15) is 0 Å². The highest BCUT2D eigenvalue weighted by atomic mass is 31.2. The van der Waals surface area contributed by atoms with Gasteiger partial charge in [-0.2, -0.15) is 0 Å². The zero-order valence-electron chi connectivity index (χ0n) is 32.8. The number of nitrogens with zero attached hydrogens (tertiary/aromatic N) is 5. The highest BCUT2D eigenvalue weighted by Gasteiger charge is 2.42. The molecule has 0 aliphatic rings. The minimum absolute atomic E-state index is 0.416. The summed E-state index contributed by atoms with van der Waals surface area (Å²) in [4.78, 5) is 0. The molecule has 0 heterocycles. The lowest BCUT2D eigenvalue weighted by molar-refractivity contribution is 0.248. The van der Waals surface area contributed by atoms with E-state index < -0.39 is 16.6 Å². The number of rotatable bonds is 18. The van der Waals surface area contributed by atoms with Gasteiger partial charge in [0, 0.05) is 65.4 Å². The summed E-state index contributed by atoms with van der Waals surface area (Å²) >= 11 is 0. The van der Waals surface area contributed by atoms with Crippen LogP contribution in [0.1, 0.15) is 138 Å². The maximum Gasteiger partial charge on any atom is 0.150 e. The number of benzene rings is 1. The Bertz CT molecular complexity index is 846. The standard InChI is InChI=1S/C37H75N5P2/c1-25(2)37(26(3)4)42(44(40(31(13)14)32(15)16)41(33(17)18)34(19)20)35-21-23-36(24-22-35)43(38(27(5)6)28(7)8)39(29(9)10)30(11)12/h21-34,37H,1-20H3. The normalized spacial score (nSPS) is 13.8. The van der Waals surface area contributed by atoms with Crippen molar-refractivity contribution in [3.05, 3.63) is 24.3 Å². The quantitative estimate of drug-likeness (QED) is 0.146. The van der Waals surface area contributed by atoms with Crippen molar-refractivity contribution in [2.45, 2.75) is 193 Å². The van der Waals surface area contributed by atoms with Crippen LogP contribution in [0, 0.1) is 11.8 Å². The third kappa shape index (κ3) is 10.4. The summed E-state index contributed by atoms with van der Waals surface area (Å²) in [5.74, 6) is 1.04. The van der Waals surface area contributed by atoms with Gasteiger partial charge in [-0.15, -0.1) is 0 Å². The topological polar surface area (TPSA) is 16.2 Å². The van der Waals surface area contributed by atoms with Gasteiger partial charge in [0.05, 0.1) is 8.22 Å². The van der Waals surface area contributed by atoms with Crippen LogP contribution in [0.3, 0.4) is 0 Å². The Morgan fingerprint density at radius 1 is 0.386 bits per heavy atom. The largest absolute Gasteiger partial charge is 0.322 e. The fourth-order valence-corrected chi connectivity index (χ4v) is 13.7. The van der Waals surface area contributed by atoms with Gasteiger partial charge >= 0.3 is 0 Å². The summed E-state index contributed by atoms with van der Waals surface area (Å²) in [6.07, 6.45) is 0. The van der Waals surface area contributed by atoms with E-state index in [-0.39, 0.29) is 0 Å². The van der Waals surface area contributed by atoms with Gasteiger partial charge in [0.15, 0.2) is 8.37 Å². The molecule has 0 spiro atoms. The molecule has 0 N–H and O–H groups in total. The summed E-state index contributed by atoms with van der Waals surface area (Å²) < 4.78 is 14.0. The molecule has 0 bridgehead atoms. The Morgan fingerprint density at radius 2 is 0.659 bits per heavy atom. The van der Waals surface area contributed by atoms with Crippen molar-refractivity contribution in [3.8, 4) is 0 Å². The lowest BCUT2D eigenvalue weighted by Crippen LogP contribution is -2.52. The zero-order chi connectivity index (χ0) is 34.4. The van der Waals surface area contributed by atoms with Gasteiger partial charge in [0.25, 0.3) is 0 Å². The molecule has 1 rings (SSSR count). The first-order valence-corrected chi connectivity index (χ1v) is 20.3. The molecule has 0 radical (unpaired) electrons. The maximum atomic E-state index is 2.88. The third-order valence-electron chi connectivity index (χ3n) is 8.27. The first-order valence-electron chi connectivity index (χ1n) is 17.8. The molecule has 0 atom stereocenters. The maximum absolute atomic E-state index is 2.88. The highest BCUT2D eigenvalue weighted by molar-refractivity contribution is 7.61. The Kier molecular flexibility index (Phi) is 17.4. The molecule has 0 saturated heterocycles. The van der Waals surface area contributed by atoms with Crippen LogP contribution < -0.4 is 9.97 Å². The molecule has 1 aromatic rings. The average molecular weight is 652 g/mol. The van der Waals surface area contributed by atoms with Crippen LogP contribution >= 0.6 is 16.6 Å². The molecule has 0 fully saturated rings. The predicted molar refractivity (Wildman–Crippen MR) is 204 cm³/mol. The fraction of sp³-hybridized carbons (Fsp3) is 0.838. The lowest BCUT2D eigenvalue weighted by Gasteiger charge is -2.55. The van der Waals surface area contributed by atoms with Crippen LogP contribution in [0.15, 0.2) is 24.3 Å². The molecule has 0 amide bonds. The second kappa shape index (κ2) is 18.3. The zero-order valence-corrected chi connectivity index (χ0v) is 34.6. The van der Waals surface area contributed by atoms with Crippen LogP contribution in [-0.4, -0.2) is 73.1 Å². The van der Waals surface area contributed by atoms with E-state index in [1.807, 2.05) is 0 Å². The van der Waals surface area contributed by atoms with Crippen molar-refractivity contribution in [1.29, 1.82) is 0 Å². The fourth-order valence-electron chi connectivity index (χ4n) is 7.28. The Hall–Kier alpha value is -0.280. The van der Waals surface area contributed by atoms with E-state index in [4.69, 9.17) is 0 Å². The Balaban J connectivity index is 4.13. The van der Waals surface area contributed by atoms with Crippen molar-refractivity contribution in [3.63, 3.8) is 0 Å². The SMILES string of the molecule is CC(C)C(C(C)C)N(c1ccc(P(N(C(C)C)C(C)C)N(C(C)C)C(C)C)cc1)P(N(C(C)C)C(C)C)N(C(C)C)C(C)C. The van der Waals surface area contributed by atoms with Crippen LogP contribution in [0.5, 0.6) is 0 Å². The molecule has 44 heavy (non-hydrogen) atoms. The summed E-state index contributed by atoms with van der Waals surface area (Å²) in [6.45, 7) is 47.8. The molecular formula is C37H75N5P2. The Morgan fingerprint density at radius 3 is 0.886 bits per heavy atom. The van der Waals surface area contributed by atoms with Gasteiger partial charge in [-0.3, -0.25) is 9.34 Å². The number of hydrogen-bond acceptors (Lipinski definition) is 5. The van der Waals surface area contributed by atoms with Gasteiger partial charge in [0.1, 0.15) is 0 Å². The van der Waals surface area contributed by atoms with E-state index in [1.165, 1.54) is 11.0 Å². The minimum Gasteiger partial charge on any atom is -0.322 e. The van der Waals surface area contributed by atoms with Crippen LogP contribution in [-0.2, 0) is 0 Å². The monoisotopic (exact) mass is 652 g/mol. The van der Waals surface area contributed by atoms with Crippen molar-refractivity contribution >= 4 is 27.6 Å². The van der Waals surface area contributed by atoms with Gasteiger partial charge in [-0.05, 0) is 147 Å². The van der Waals surface area contributed by atoms with Crippen molar-refractivity contribution < 1.29 is 0 Å². The summed E-state index contributed by atoms with van der Waals surface area (Å²) in [7, 11) is -1.46. The van der Waals surface area contributed by atoms with Gasteiger partial charge in [0.2, 0.25) is 0 Å². The van der Waals surface area contributed by atoms with Crippen LogP contribution in [0.2, 0.25) is 0 Å². The van der Waals surface area contributed by atoms with Crippen molar-refractivity contribution in [1.82, 2.24) is 18.7 Å². The second-order valence-corrected chi connectivity index (χ2v) is 19.6. The van der Waals surface area contributed by atoms with E-state index in [0.29, 0.717) is 66.2 Å². The van der Waals surface area contributed by atoms with E-state index in [2.05, 4.69) is 186 Å². The average Bonchev–Trinajstić information content (AvgIpc) is 2.84. The van der Waals surface area contributed by atoms with E-state index in [1.54, 1.807) is 0 Å². The van der Waals surface area contributed by atoms with Gasteiger partial charge in [-0.25, -0.2) is 9.34 Å². The predicted octanol–water partition coefficient (Wildman–Crippen LogP) is 10.8. The number of hydrogen-bond donors (Lipinski definition) is 0. The molecular weight excluding hydrogens is 576 g/mol. The van der Waals surface area contributed by atoms with E-state index >= 15 is 0 Å². The molecule has 7 heteroatoms. The summed E-state index contributed by atoms with van der Waals surface area (Å²) in [6, 6.07) is 14.0. The van der Waals surface area contributed by atoms with Gasteiger partial charge in [-0.1, -0.05) is 27.7 Å². The lowest BCUT2D eigenvalue weighted by atomic mass is 9.93. The van der Waals surface area contributed by atoms with Crippen molar-refractivity contribution in [2.24, 2.45) is 11.8 Å². The summed E-state index contributed by atoms with van der Waals surface area (Å²) in [5.41, 5.74) is 1.36. The van der Waals surface area contributed by atoms with Crippen LogP contribution in [0.4, 0.5) is 5.69 Å². The molecule has 1 aromatic carbocycles. The second-order valence-electron chi connectivity index (χ2n) is 15.7. The first kappa shape index (κ1) is 41.7. The van der Waals surface area contributed by atoms with Gasteiger partial charge < -0.3 is 4.67 Å². The smallest absolute Gasteiger partial charge is 0.150 e. The molecule has 258 valence electrons. The van der Waals surface area contributed by atoms with E-state index in [0.717, 1.165) is 0 Å². The molecule has 5 nitrogen and oxygen atoms in total. The highest BCUT2D eigenvalue weighted by Crippen LogP contribution is 2.57. The minimum atomic E-state index is -0.796. The molecule has 0 saturated carbocycles. The third-order valence-corrected chi connectivity index (χ3v) is 15.3. The first-order chi connectivity index (χ1) is 20.2. The molecule has 0 aliphatic carbocycles. The van der Waals surface area contributed by atoms with Crippen molar-refractivity contribution in [2.75, 3.05) is 4.67 Å². The molecule has 0 unspecified atom stereocenters. The molecule has 0 aliphatic heterocycles. The Labute approximate surface area is 279 Å². The van der Waals surface area contributed by atoms with Crippen LogP contribution in [0.25, 0.3) is 0 Å². The number of anilines is 1.